The molecule has 2 N–H and O–H groups in total. The van der Waals surface area contributed by atoms with Crippen LogP contribution in [0.2, 0.25) is 0 Å². The zero-order valence-corrected chi connectivity index (χ0v) is 13.6. The van der Waals surface area contributed by atoms with Gasteiger partial charge in [-0.15, -0.1) is 10.2 Å². The van der Waals surface area contributed by atoms with E-state index in [1.54, 1.807) is 19.3 Å². The van der Waals surface area contributed by atoms with Crippen molar-refractivity contribution in [1.29, 1.82) is 0 Å². The Morgan fingerprint density at radius 3 is 2.87 bits per heavy atom. The smallest absolute Gasteiger partial charge is 0.254 e. The molecular weight excluding hydrogens is 296 g/mol. The highest BCUT2D eigenvalue weighted by Gasteiger charge is 2.36. The highest BCUT2D eigenvalue weighted by molar-refractivity contribution is 5.95. The number of hydrogen-bond donors (Lipinski definition) is 2. The van der Waals surface area contributed by atoms with E-state index in [0.29, 0.717) is 24.3 Å². The number of amides is 1. The first-order chi connectivity index (χ1) is 11.0. The standard InChI is InChI=1S/C16H22N4O3/c1-9-4-13(10(2)23-9)16(22)17-7-12-5-11(6-14(12)21)15-19-18-8-20(15)3/h4,8,11-12,14,21H,5-7H2,1-3H3,(H,17,22)/t11-,12+,14+/m0/s1. The summed E-state index contributed by atoms with van der Waals surface area (Å²) in [4.78, 5) is 12.2. The molecule has 0 bridgehead atoms. The van der Waals surface area contributed by atoms with Crippen LogP contribution < -0.4 is 5.32 Å². The van der Waals surface area contributed by atoms with Crippen LogP contribution in [0.15, 0.2) is 16.8 Å². The maximum atomic E-state index is 12.2. The molecule has 23 heavy (non-hydrogen) atoms. The van der Waals surface area contributed by atoms with Gasteiger partial charge in [-0.05, 0) is 32.8 Å². The maximum absolute atomic E-state index is 12.2. The van der Waals surface area contributed by atoms with Gasteiger partial charge >= 0.3 is 0 Å². The van der Waals surface area contributed by atoms with Crippen LogP contribution >= 0.6 is 0 Å². The predicted octanol–water partition coefficient (Wildman–Crippen LogP) is 1.31. The third-order valence-corrected chi connectivity index (χ3v) is 4.58. The number of aromatic nitrogens is 3. The second-order valence-electron chi connectivity index (χ2n) is 6.33. The molecule has 1 amide bonds. The van der Waals surface area contributed by atoms with Crippen molar-refractivity contribution in [3.8, 4) is 0 Å². The maximum Gasteiger partial charge on any atom is 0.254 e. The SMILES string of the molecule is Cc1cc(C(=O)NC[C@H]2C[C@H](c3nncn3C)C[C@H]2O)c(C)o1. The Morgan fingerprint density at radius 1 is 1.48 bits per heavy atom. The number of aliphatic hydroxyl groups is 1. The highest BCUT2D eigenvalue weighted by atomic mass is 16.3. The fraction of sp³-hybridized carbons (Fsp3) is 0.562. The minimum absolute atomic E-state index is 0.0222. The van der Waals surface area contributed by atoms with Crippen LogP contribution in [0.4, 0.5) is 0 Å². The van der Waals surface area contributed by atoms with Gasteiger partial charge in [-0.3, -0.25) is 4.79 Å². The first-order valence-electron chi connectivity index (χ1n) is 7.83. The van der Waals surface area contributed by atoms with Crippen molar-refractivity contribution in [1.82, 2.24) is 20.1 Å². The molecule has 0 unspecified atom stereocenters. The van der Waals surface area contributed by atoms with Gasteiger partial charge in [0.2, 0.25) is 0 Å². The number of hydrogen-bond acceptors (Lipinski definition) is 5. The minimum Gasteiger partial charge on any atom is -0.466 e. The van der Waals surface area contributed by atoms with Gasteiger partial charge in [-0.25, -0.2) is 0 Å². The number of aryl methyl sites for hydroxylation is 3. The summed E-state index contributed by atoms with van der Waals surface area (Å²) in [5, 5.41) is 21.2. The van der Waals surface area contributed by atoms with Crippen LogP contribution in [0.3, 0.4) is 0 Å². The Labute approximate surface area is 134 Å². The average Bonchev–Trinajstić information content (AvgIpc) is 3.16. The molecule has 3 atom stereocenters. The second kappa shape index (κ2) is 6.16. The van der Waals surface area contributed by atoms with Crippen LogP contribution in [-0.4, -0.2) is 38.4 Å². The summed E-state index contributed by atoms with van der Waals surface area (Å²) in [7, 11) is 1.90. The summed E-state index contributed by atoms with van der Waals surface area (Å²) in [6.45, 7) is 4.03. The Morgan fingerprint density at radius 2 is 2.26 bits per heavy atom. The Kier molecular flexibility index (Phi) is 4.21. The van der Waals surface area contributed by atoms with Crippen molar-refractivity contribution >= 4 is 5.91 Å². The zero-order valence-electron chi connectivity index (χ0n) is 13.6. The van der Waals surface area contributed by atoms with E-state index in [9.17, 15) is 9.90 Å². The number of rotatable bonds is 4. The lowest BCUT2D eigenvalue weighted by molar-refractivity contribution is 0.0915. The van der Waals surface area contributed by atoms with Gasteiger partial charge in [-0.1, -0.05) is 0 Å². The lowest BCUT2D eigenvalue weighted by atomic mass is 10.0. The molecule has 2 aromatic heterocycles. The number of nitrogens with one attached hydrogen (secondary N) is 1. The quantitative estimate of drug-likeness (QED) is 0.886. The third kappa shape index (κ3) is 3.14. The van der Waals surface area contributed by atoms with Gasteiger partial charge in [-0.2, -0.15) is 0 Å². The van der Waals surface area contributed by atoms with Gasteiger partial charge in [0.05, 0.1) is 11.7 Å². The van der Waals surface area contributed by atoms with E-state index in [0.717, 1.165) is 18.0 Å². The first-order valence-corrected chi connectivity index (χ1v) is 7.83. The molecule has 0 radical (unpaired) electrons. The molecule has 1 aliphatic rings. The molecular formula is C16H22N4O3. The van der Waals surface area contributed by atoms with Crippen molar-refractivity contribution in [2.45, 2.75) is 38.7 Å². The molecule has 124 valence electrons. The number of aliphatic hydroxyl groups excluding tert-OH is 1. The molecule has 2 heterocycles. The number of carbonyl (C=O) groups excluding carboxylic acids is 1. The van der Waals surface area contributed by atoms with E-state index < -0.39 is 6.10 Å². The number of furan rings is 1. The molecule has 0 aromatic carbocycles. The third-order valence-electron chi connectivity index (χ3n) is 4.58. The summed E-state index contributed by atoms with van der Waals surface area (Å²) in [5.41, 5.74) is 0.555. The van der Waals surface area contributed by atoms with Crippen LogP contribution in [0.25, 0.3) is 0 Å². The Bertz CT molecular complexity index is 706. The summed E-state index contributed by atoms with van der Waals surface area (Å²) in [5.74, 6) is 2.26. The van der Waals surface area contributed by atoms with Crippen LogP contribution in [-0.2, 0) is 7.05 Å². The summed E-state index contributed by atoms with van der Waals surface area (Å²) >= 11 is 0. The molecule has 1 fully saturated rings. The van der Waals surface area contributed by atoms with Crippen molar-refractivity contribution in [2.24, 2.45) is 13.0 Å². The zero-order chi connectivity index (χ0) is 16.6. The molecule has 1 aliphatic carbocycles. The van der Waals surface area contributed by atoms with Crippen molar-refractivity contribution in [3.05, 3.63) is 35.3 Å². The molecule has 0 aliphatic heterocycles. The normalized spacial score (nSPS) is 24.1. The van der Waals surface area contributed by atoms with Crippen LogP contribution in [0.1, 0.15) is 46.5 Å². The highest BCUT2D eigenvalue weighted by Crippen LogP contribution is 2.37. The molecule has 3 rings (SSSR count). The lowest BCUT2D eigenvalue weighted by Gasteiger charge is -2.14. The molecule has 7 nitrogen and oxygen atoms in total. The number of carbonyl (C=O) groups is 1. The Balaban J connectivity index is 1.59. The second-order valence-corrected chi connectivity index (χ2v) is 6.33. The first kappa shape index (κ1) is 15.7. The Hall–Kier alpha value is -2.15. The summed E-state index contributed by atoms with van der Waals surface area (Å²) in [6.07, 6.45) is 2.67. The summed E-state index contributed by atoms with van der Waals surface area (Å²) < 4.78 is 7.26. The van der Waals surface area contributed by atoms with Crippen LogP contribution in [0.5, 0.6) is 0 Å². The molecule has 0 saturated heterocycles. The van der Waals surface area contributed by atoms with Gasteiger partial charge in [0, 0.05) is 25.4 Å². The van der Waals surface area contributed by atoms with E-state index in [4.69, 9.17) is 4.42 Å². The van der Waals surface area contributed by atoms with E-state index in [1.165, 1.54) is 0 Å². The predicted molar refractivity (Wildman–Crippen MR) is 83.0 cm³/mol. The van der Waals surface area contributed by atoms with E-state index >= 15 is 0 Å². The van der Waals surface area contributed by atoms with Crippen LogP contribution in [0, 0.1) is 19.8 Å². The average molecular weight is 318 g/mol. The molecule has 1 saturated carbocycles. The van der Waals surface area contributed by atoms with Crippen molar-refractivity contribution < 1.29 is 14.3 Å². The molecule has 7 heteroatoms. The summed E-state index contributed by atoms with van der Waals surface area (Å²) in [6, 6.07) is 1.73. The van der Waals surface area contributed by atoms with Gasteiger partial charge in [0.1, 0.15) is 23.7 Å². The number of nitrogens with zero attached hydrogens (tertiary/aromatic N) is 3. The minimum atomic E-state index is -0.441. The van der Waals surface area contributed by atoms with E-state index in [1.807, 2.05) is 18.5 Å². The largest absolute Gasteiger partial charge is 0.466 e. The van der Waals surface area contributed by atoms with Gasteiger partial charge < -0.3 is 19.4 Å². The fourth-order valence-electron chi connectivity index (χ4n) is 3.37. The topological polar surface area (TPSA) is 93.2 Å². The van der Waals surface area contributed by atoms with E-state index in [-0.39, 0.29) is 17.7 Å². The fourth-order valence-corrected chi connectivity index (χ4v) is 3.37. The van der Waals surface area contributed by atoms with Gasteiger partial charge in [0.25, 0.3) is 5.91 Å². The molecule has 0 spiro atoms. The molecule has 2 aromatic rings. The van der Waals surface area contributed by atoms with Crippen molar-refractivity contribution in [3.63, 3.8) is 0 Å². The van der Waals surface area contributed by atoms with Crippen molar-refractivity contribution in [2.75, 3.05) is 6.54 Å². The lowest BCUT2D eigenvalue weighted by Crippen LogP contribution is -2.32. The monoisotopic (exact) mass is 318 g/mol. The van der Waals surface area contributed by atoms with E-state index in [2.05, 4.69) is 15.5 Å². The van der Waals surface area contributed by atoms with Gasteiger partial charge in [0.15, 0.2) is 0 Å².